The van der Waals surface area contributed by atoms with Gasteiger partial charge in [-0.15, -0.1) is 0 Å². The smallest absolute Gasteiger partial charge is 0.189 e. The number of hydrogen-bond donors (Lipinski definition) is 1. The van der Waals surface area contributed by atoms with Crippen LogP contribution in [0.1, 0.15) is 16.7 Å². The van der Waals surface area contributed by atoms with E-state index in [1.54, 1.807) is 0 Å². The minimum absolute atomic E-state index is 0.447. The molecular weight excluding hydrogens is 328 g/mol. The van der Waals surface area contributed by atoms with Gasteiger partial charge in [0.05, 0.1) is 5.69 Å². The number of aromatic nitrogens is 2. The molecule has 0 bridgehead atoms. The van der Waals surface area contributed by atoms with Crippen molar-refractivity contribution >= 4 is 23.3 Å². The maximum Gasteiger partial charge on any atom is 0.189 e. The molecule has 0 spiro atoms. The van der Waals surface area contributed by atoms with E-state index >= 15 is 0 Å². The Bertz CT molecular complexity index is 946. The molecule has 5 heteroatoms. The molecule has 0 unspecified atom stereocenters. The highest BCUT2D eigenvalue weighted by Gasteiger charge is 2.16. The van der Waals surface area contributed by atoms with Crippen molar-refractivity contribution in [2.45, 2.75) is 19.0 Å². The van der Waals surface area contributed by atoms with Gasteiger partial charge in [0.15, 0.2) is 11.0 Å². The number of nitrogens with zero attached hydrogens (tertiary/aromatic N) is 3. The highest BCUT2D eigenvalue weighted by Crippen LogP contribution is 2.30. The van der Waals surface area contributed by atoms with E-state index in [4.69, 9.17) is 0 Å². The fourth-order valence-electron chi connectivity index (χ4n) is 2.49. The van der Waals surface area contributed by atoms with Gasteiger partial charge in [-0.3, -0.25) is 0 Å². The third-order valence-corrected chi connectivity index (χ3v) is 4.55. The third-order valence-electron chi connectivity index (χ3n) is 4.00. The summed E-state index contributed by atoms with van der Waals surface area (Å²) in [7, 11) is 0. The van der Waals surface area contributed by atoms with Crippen molar-refractivity contribution in [3.8, 4) is 17.3 Å². The molecule has 25 heavy (non-hydrogen) atoms. The Hall–Kier alpha value is -2.84. The molecular formula is C20H18N4S. The zero-order chi connectivity index (χ0) is 17.8. The van der Waals surface area contributed by atoms with Crippen LogP contribution in [0.15, 0.2) is 53.7 Å². The molecule has 0 saturated carbocycles. The fourth-order valence-corrected chi connectivity index (χ4v) is 2.85. The SMILES string of the molecule is CSc1nc(Nc2ccc(C)c(C)c2)c(C#N)c(-c2ccccc2)n1. The van der Waals surface area contributed by atoms with Gasteiger partial charge in [0.25, 0.3) is 0 Å². The van der Waals surface area contributed by atoms with Crippen molar-refractivity contribution in [3.05, 3.63) is 65.2 Å². The Morgan fingerprint density at radius 1 is 1.00 bits per heavy atom. The van der Waals surface area contributed by atoms with E-state index in [2.05, 4.69) is 47.3 Å². The van der Waals surface area contributed by atoms with E-state index in [1.165, 1.54) is 22.9 Å². The van der Waals surface area contributed by atoms with Gasteiger partial charge in [-0.1, -0.05) is 48.2 Å². The molecule has 0 aliphatic carbocycles. The number of aryl methyl sites for hydroxylation is 2. The van der Waals surface area contributed by atoms with Crippen LogP contribution < -0.4 is 5.32 Å². The van der Waals surface area contributed by atoms with Crippen LogP contribution in [0.3, 0.4) is 0 Å². The zero-order valence-corrected chi connectivity index (χ0v) is 15.2. The summed E-state index contributed by atoms with van der Waals surface area (Å²) in [6.07, 6.45) is 1.93. The predicted molar refractivity (Wildman–Crippen MR) is 103 cm³/mol. The summed E-state index contributed by atoms with van der Waals surface area (Å²) in [4.78, 5) is 9.07. The average Bonchev–Trinajstić information content (AvgIpc) is 2.64. The van der Waals surface area contributed by atoms with Crippen molar-refractivity contribution in [2.75, 3.05) is 11.6 Å². The number of nitriles is 1. The third kappa shape index (κ3) is 3.65. The largest absolute Gasteiger partial charge is 0.339 e. The van der Waals surface area contributed by atoms with Crippen LogP contribution in [0.25, 0.3) is 11.3 Å². The molecule has 1 heterocycles. The summed E-state index contributed by atoms with van der Waals surface area (Å²) < 4.78 is 0. The first kappa shape index (κ1) is 17.0. The number of thioether (sulfide) groups is 1. The molecule has 0 saturated heterocycles. The normalized spacial score (nSPS) is 10.3. The first-order valence-electron chi connectivity index (χ1n) is 7.88. The van der Waals surface area contributed by atoms with Crippen LogP contribution in [0.5, 0.6) is 0 Å². The Morgan fingerprint density at radius 3 is 2.40 bits per heavy atom. The summed E-state index contributed by atoms with van der Waals surface area (Å²) in [5.41, 5.74) is 5.31. The Labute approximate surface area is 152 Å². The van der Waals surface area contributed by atoms with Crippen molar-refractivity contribution in [1.29, 1.82) is 5.26 Å². The number of anilines is 2. The Kier molecular flexibility index (Phi) is 5.01. The number of benzene rings is 2. The zero-order valence-electron chi connectivity index (χ0n) is 14.4. The van der Waals surface area contributed by atoms with Gasteiger partial charge in [-0.05, 0) is 43.4 Å². The standard InChI is InChI=1S/C20H18N4S/c1-13-9-10-16(11-14(13)2)22-19-17(12-21)18(23-20(24-19)25-3)15-7-5-4-6-8-15/h4-11H,1-3H3,(H,22,23,24). The minimum Gasteiger partial charge on any atom is -0.339 e. The first-order chi connectivity index (χ1) is 12.1. The first-order valence-corrected chi connectivity index (χ1v) is 9.10. The summed E-state index contributed by atoms with van der Waals surface area (Å²) in [6, 6.07) is 18.1. The van der Waals surface area contributed by atoms with E-state index in [-0.39, 0.29) is 0 Å². The molecule has 3 rings (SSSR count). The van der Waals surface area contributed by atoms with Crippen molar-refractivity contribution in [1.82, 2.24) is 9.97 Å². The average molecular weight is 346 g/mol. The molecule has 1 N–H and O–H groups in total. The van der Waals surface area contributed by atoms with Gasteiger partial charge < -0.3 is 5.32 Å². The maximum atomic E-state index is 9.72. The van der Waals surface area contributed by atoms with E-state index in [0.717, 1.165) is 11.3 Å². The molecule has 0 fully saturated rings. The lowest BCUT2D eigenvalue weighted by Gasteiger charge is -2.13. The summed E-state index contributed by atoms with van der Waals surface area (Å²) in [5.74, 6) is 0.531. The lowest BCUT2D eigenvalue weighted by molar-refractivity contribution is 0.975. The molecule has 0 aliphatic heterocycles. The van der Waals surface area contributed by atoms with E-state index in [1.807, 2.05) is 42.7 Å². The fraction of sp³-hybridized carbons (Fsp3) is 0.150. The molecule has 124 valence electrons. The molecule has 2 aromatic carbocycles. The molecule has 0 radical (unpaired) electrons. The van der Waals surface area contributed by atoms with Gasteiger partial charge in [-0.25, -0.2) is 9.97 Å². The minimum atomic E-state index is 0.447. The van der Waals surface area contributed by atoms with Gasteiger partial charge in [-0.2, -0.15) is 5.26 Å². The predicted octanol–water partition coefficient (Wildman–Crippen LogP) is 5.10. The molecule has 0 amide bonds. The Morgan fingerprint density at radius 2 is 1.76 bits per heavy atom. The van der Waals surface area contributed by atoms with Gasteiger partial charge in [0.1, 0.15) is 11.6 Å². The quantitative estimate of drug-likeness (QED) is 0.526. The topological polar surface area (TPSA) is 61.6 Å². The van der Waals surface area contributed by atoms with Crippen LogP contribution in [0.4, 0.5) is 11.5 Å². The van der Waals surface area contributed by atoms with E-state index in [9.17, 15) is 5.26 Å². The monoisotopic (exact) mass is 346 g/mol. The molecule has 3 aromatic rings. The van der Waals surface area contributed by atoms with Crippen LogP contribution in [0.2, 0.25) is 0 Å². The van der Waals surface area contributed by atoms with Crippen molar-refractivity contribution in [3.63, 3.8) is 0 Å². The lowest BCUT2D eigenvalue weighted by atomic mass is 10.1. The van der Waals surface area contributed by atoms with Crippen molar-refractivity contribution in [2.24, 2.45) is 0 Å². The number of rotatable bonds is 4. The maximum absolute atomic E-state index is 9.72. The summed E-state index contributed by atoms with van der Waals surface area (Å²) >= 11 is 1.46. The lowest BCUT2D eigenvalue weighted by Crippen LogP contribution is -2.03. The van der Waals surface area contributed by atoms with Gasteiger partial charge >= 0.3 is 0 Å². The molecule has 4 nitrogen and oxygen atoms in total. The molecule has 1 aromatic heterocycles. The second-order valence-electron chi connectivity index (χ2n) is 5.68. The second kappa shape index (κ2) is 7.37. The van der Waals surface area contributed by atoms with Crippen LogP contribution in [-0.4, -0.2) is 16.2 Å². The summed E-state index contributed by atoms with van der Waals surface area (Å²) in [5, 5.41) is 13.6. The molecule has 0 atom stereocenters. The van der Waals surface area contributed by atoms with E-state index < -0.39 is 0 Å². The number of nitrogens with one attached hydrogen (secondary N) is 1. The van der Waals surface area contributed by atoms with E-state index in [0.29, 0.717) is 22.2 Å². The van der Waals surface area contributed by atoms with Gasteiger partial charge in [0, 0.05) is 11.3 Å². The van der Waals surface area contributed by atoms with Crippen LogP contribution >= 0.6 is 11.8 Å². The summed E-state index contributed by atoms with van der Waals surface area (Å²) in [6.45, 7) is 4.14. The number of hydrogen-bond acceptors (Lipinski definition) is 5. The van der Waals surface area contributed by atoms with Crippen LogP contribution in [-0.2, 0) is 0 Å². The van der Waals surface area contributed by atoms with Gasteiger partial charge in [0.2, 0.25) is 0 Å². The van der Waals surface area contributed by atoms with Crippen molar-refractivity contribution < 1.29 is 0 Å². The molecule has 0 aliphatic rings. The van der Waals surface area contributed by atoms with Crippen LogP contribution in [0, 0.1) is 25.2 Å². The highest BCUT2D eigenvalue weighted by molar-refractivity contribution is 7.98. The Balaban J connectivity index is 2.12. The second-order valence-corrected chi connectivity index (χ2v) is 6.46. The highest BCUT2D eigenvalue weighted by atomic mass is 32.2.